The number of carbonyl (C=O) groups is 1. The third-order valence-electron chi connectivity index (χ3n) is 3.65. The summed E-state index contributed by atoms with van der Waals surface area (Å²) in [5.74, 6) is -0.0782. The number of benzene rings is 1. The smallest absolute Gasteiger partial charge is 0.257 e. The van der Waals surface area contributed by atoms with Crippen LogP contribution in [0.3, 0.4) is 0 Å². The number of hydrogen-bond donors (Lipinski definition) is 2. The fraction of sp³-hybridized carbons (Fsp3) is 0.250. The highest BCUT2D eigenvalue weighted by molar-refractivity contribution is 6.05. The predicted molar refractivity (Wildman–Crippen MR) is 78.8 cm³/mol. The molecule has 1 amide bonds. The minimum atomic E-state index is -0.0782. The number of pyridine rings is 1. The first-order valence-electron chi connectivity index (χ1n) is 6.79. The molecule has 20 heavy (non-hydrogen) atoms. The summed E-state index contributed by atoms with van der Waals surface area (Å²) in [4.78, 5) is 16.6. The zero-order chi connectivity index (χ0) is 13.9. The van der Waals surface area contributed by atoms with Gasteiger partial charge in [0.15, 0.2) is 0 Å². The van der Waals surface area contributed by atoms with E-state index in [0.717, 1.165) is 41.9 Å². The van der Waals surface area contributed by atoms with Gasteiger partial charge < -0.3 is 10.6 Å². The van der Waals surface area contributed by atoms with Crippen molar-refractivity contribution in [3.63, 3.8) is 0 Å². The molecule has 1 aliphatic heterocycles. The van der Waals surface area contributed by atoms with Crippen molar-refractivity contribution in [1.29, 1.82) is 0 Å². The average Bonchev–Trinajstić information content (AvgIpc) is 2.49. The summed E-state index contributed by atoms with van der Waals surface area (Å²) in [5.41, 5.74) is 4.83. The highest BCUT2D eigenvalue weighted by Crippen LogP contribution is 2.20. The van der Waals surface area contributed by atoms with Crippen LogP contribution < -0.4 is 10.6 Å². The molecule has 0 unspecified atom stereocenters. The van der Waals surface area contributed by atoms with E-state index in [2.05, 4.69) is 15.6 Å². The van der Waals surface area contributed by atoms with E-state index >= 15 is 0 Å². The van der Waals surface area contributed by atoms with Crippen LogP contribution >= 0.6 is 0 Å². The first-order chi connectivity index (χ1) is 9.75. The molecule has 0 atom stereocenters. The number of aromatic nitrogens is 1. The van der Waals surface area contributed by atoms with Gasteiger partial charge in [-0.05, 0) is 42.6 Å². The van der Waals surface area contributed by atoms with Gasteiger partial charge in [0, 0.05) is 24.6 Å². The zero-order valence-corrected chi connectivity index (χ0v) is 11.4. The van der Waals surface area contributed by atoms with Gasteiger partial charge in [-0.25, -0.2) is 0 Å². The third-order valence-corrected chi connectivity index (χ3v) is 3.65. The van der Waals surface area contributed by atoms with Gasteiger partial charge in [0.2, 0.25) is 0 Å². The molecule has 4 heteroatoms. The Hall–Kier alpha value is -2.20. The highest BCUT2D eigenvalue weighted by atomic mass is 16.1. The molecule has 1 aromatic heterocycles. The molecular weight excluding hydrogens is 250 g/mol. The van der Waals surface area contributed by atoms with Crippen LogP contribution in [0.1, 0.15) is 27.0 Å². The fourth-order valence-corrected chi connectivity index (χ4v) is 2.51. The molecule has 4 nitrogen and oxygen atoms in total. The van der Waals surface area contributed by atoms with Crippen LogP contribution in [0.2, 0.25) is 0 Å². The maximum atomic E-state index is 12.5. The second kappa shape index (κ2) is 5.43. The van der Waals surface area contributed by atoms with Crippen molar-refractivity contribution < 1.29 is 4.79 Å². The van der Waals surface area contributed by atoms with E-state index in [0.29, 0.717) is 5.56 Å². The summed E-state index contributed by atoms with van der Waals surface area (Å²) >= 11 is 0. The number of amides is 1. The van der Waals surface area contributed by atoms with Gasteiger partial charge in [-0.2, -0.15) is 0 Å². The zero-order valence-electron chi connectivity index (χ0n) is 11.4. The Kier molecular flexibility index (Phi) is 3.48. The SMILES string of the molecule is Cc1ccccc1NC(=O)c1cncc2c1CCNC2. The molecule has 0 aliphatic carbocycles. The minimum Gasteiger partial charge on any atom is -0.322 e. The lowest BCUT2D eigenvalue weighted by molar-refractivity contribution is 0.102. The lowest BCUT2D eigenvalue weighted by Crippen LogP contribution is -2.27. The molecule has 0 bridgehead atoms. The van der Waals surface area contributed by atoms with Crippen LogP contribution in [0.4, 0.5) is 5.69 Å². The molecular formula is C16H17N3O. The van der Waals surface area contributed by atoms with Crippen LogP contribution in [0.25, 0.3) is 0 Å². The second-order valence-corrected chi connectivity index (χ2v) is 5.02. The molecule has 0 spiro atoms. The second-order valence-electron chi connectivity index (χ2n) is 5.02. The van der Waals surface area contributed by atoms with E-state index in [9.17, 15) is 4.79 Å². The van der Waals surface area contributed by atoms with Crippen molar-refractivity contribution in [3.8, 4) is 0 Å². The molecule has 2 N–H and O–H groups in total. The Bertz CT molecular complexity index is 652. The van der Waals surface area contributed by atoms with Crippen molar-refractivity contribution in [2.24, 2.45) is 0 Å². The van der Waals surface area contributed by atoms with Gasteiger partial charge in [0.05, 0.1) is 5.56 Å². The number of para-hydroxylation sites is 1. The topological polar surface area (TPSA) is 54.0 Å². The number of fused-ring (bicyclic) bond motifs is 1. The van der Waals surface area contributed by atoms with Gasteiger partial charge in [-0.15, -0.1) is 0 Å². The summed E-state index contributed by atoms with van der Waals surface area (Å²) in [7, 11) is 0. The van der Waals surface area contributed by atoms with Crippen molar-refractivity contribution in [1.82, 2.24) is 10.3 Å². The van der Waals surface area contributed by atoms with Crippen molar-refractivity contribution in [2.45, 2.75) is 19.9 Å². The van der Waals surface area contributed by atoms with E-state index in [1.807, 2.05) is 37.4 Å². The fourth-order valence-electron chi connectivity index (χ4n) is 2.51. The van der Waals surface area contributed by atoms with E-state index in [4.69, 9.17) is 0 Å². The largest absolute Gasteiger partial charge is 0.322 e. The lowest BCUT2D eigenvalue weighted by atomic mass is 9.98. The van der Waals surface area contributed by atoms with Crippen LogP contribution in [-0.2, 0) is 13.0 Å². The molecule has 1 aromatic carbocycles. The van der Waals surface area contributed by atoms with E-state index in [1.54, 1.807) is 6.20 Å². The number of aryl methyl sites for hydroxylation is 1. The van der Waals surface area contributed by atoms with E-state index in [-0.39, 0.29) is 5.91 Å². The normalized spacial score (nSPS) is 13.7. The monoisotopic (exact) mass is 267 g/mol. The Labute approximate surface area is 118 Å². The molecule has 2 heterocycles. The molecule has 1 aliphatic rings. The molecule has 3 rings (SSSR count). The number of rotatable bonds is 2. The number of nitrogens with zero attached hydrogens (tertiary/aromatic N) is 1. The van der Waals surface area contributed by atoms with Crippen LogP contribution in [0.15, 0.2) is 36.7 Å². The summed E-state index contributed by atoms with van der Waals surface area (Å²) < 4.78 is 0. The number of hydrogen-bond acceptors (Lipinski definition) is 3. The van der Waals surface area contributed by atoms with Gasteiger partial charge in [-0.3, -0.25) is 9.78 Å². The first kappa shape index (κ1) is 12.8. The van der Waals surface area contributed by atoms with Gasteiger partial charge >= 0.3 is 0 Å². The van der Waals surface area contributed by atoms with E-state index in [1.165, 1.54) is 0 Å². The Morgan fingerprint density at radius 3 is 3.00 bits per heavy atom. The van der Waals surface area contributed by atoms with E-state index < -0.39 is 0 Å². The number of nitrogens with one attached hydrogen (secondary N) is 2. The van der Waals surface area contributed by atoms with Crippen molar-refractivity contribution in [2.75, 3.05) is 11.9 Å². The average molecular weight is 267 g/mol. The third kappa shape index (κ3) is 2.42. The Morgan fingerprint density at radius 2 is 2.15 bits per heavy atom. The molecule has 2 aromatic rings. The summed E-state index contributed by atoms with van der Waals surface area (Å²) in [6.07, 6.45) is 4.37. The predicted octanol–water partition coefficient (Wildman–Crippen LogP) is 2.29. The molecule has 0 fully saturated rings. The van der Waals surface area contributed by atoms with Gasteiger partial charge in [0.25, 0.3) is 5.91 Å². The lowest BCUT2D eigenvalue weighted by Gasteiger charge is -2.19. The van der Waals surface area contributed by atoms with Crippen LogP contribution in [0.5, 0.6) is 0 Å². The first-order valence-corrected chi connectivity index (χ1v) is 6.79. The van der Waals surface area contributed by atoms with Crippen molar-refractivity contribution in [3.05, 3.63) is 58.9 Å². The summed E-state index contributed by atoms with van der Waals surface area (Å²) in [6, 6.07) is 7.78. The van der Waals surface area contributed by atoms with Crippen LogP contribution in [-0.4, -0.2) is 17.4 Å². The summed E-state index contributed by atoms with van der Waals surface area (Å²) in [5, 5.41) is 6.27. The van der Waals surface area contributed by atoms with Gasteiger partial charge in [0.1, 0.15) is 0 Å². The molecule has 0 radical (unpaired) electrons. The molecule has 0 saturated heterocycles. The van der Waals surface area contributed by atoms with Gasteiger partial charge in [-0.1, -0.05) is 18.2 Å². The highest BCUT2D eigenvalue weighted by Gasteiger charge is 2.18. The molecule has 102 valence electrons. The Morgan fingerprint density at radius 1 is 1.30 bits per heavy atom. The molecule has 0 saturated carbocycles. The summed E-state index contributed by atoms with van der Waals surface area (Å²) in [6.45, 7) is 3.67. The maximum Gasteiger partial charge on any atom is 0.257 e. The number of carbonyl (C=O) groups excluding carboxylic acids is 1. The van der Waals surface area contributed by atoms with Crippen LogP contribution in [0, 0.1) is 6.92 Å². The number of anilines is 1. The standard InChI is InChI=1S/C16H17N3O/c1-11-4-2-3-5-15(11)19-16(20)14-10-18-9-12-8-17-7-6-13(12)14/h2-5,9-10,17H,6-8H2,1H3,(H,19,20). The Balaban J connectivity index is 1.90. The minimum absolute atomic E-state index is 0.0782. The van der Waals surface area contributed by atoms with Crippen molar-refractivity contribution >= 4 is 11.6 Å². The quantitative estimate of drug-likeness (QED) is 0.877. The maximum absolute atomic E-state index is 12.5.